The molecule has 0 bridgehead atoms. The SMILES string of the molecule is O=c1[nH]nc(N/N=C/c2ccc([N+](=O)[O-])s2)c(=O)[nH]1. The lowest BCUT2D eigenvalue weighted by atomic mass is 10.5. The van der Waals surface area contributed by atoms with Gasteiger partial charge in [-0.15, -0.1) is 5.10 Å². The van der Waals surface area contributed by atoms with Crippen LogP contribution in [-0.2, 0) is 0 Å². The van der Waals surface area contributed by atoms with E-state index in [4.69, 9.17) is 0 Å². The van der Waals surface area contributed by atoms with Crippen molar-refractivity contribution in [2.75, 3.05) is 5.43 Å². The van der Waals surface area contributed by atoms with Gasteiger partial charge in [0.2, 0.25) is 5.82 Å². The number of anilines is 1. The minimum Gasteiger partial charge on any atom is -0.270 e. The highest BCUT2D eigenvalue weighted by atomic mass is 32.1. The number of nitro groups is 1. The summed E-state index contributed by atoms with van der Waals surface area (Å²) in [4.78, 5) is 34.3. The fourth-order valence-corrected chi connectivity index (χ4v) is 1.78. The van der Waals surface area contributed by atoms with Crippen LogP contribution in [0.5, 0.6) is 0 Å². The summed E-state index contributed by atoms with van der Waals surface area (Å²) < 4.78 is 0. The van der Waals surface area contributed by atoms with Crippen LogP contribution >= 0.6 is 11.3 Å². The summed E-state index contributed by atoms with van der Waals surface area (Å²) in [5.41, 5.74) is 0.856. The number of hydrogen-bond acceptors (Lipinski definition) is 8. The number of aromatic nitrogens is 3. The van der Waals surface area contributed by atoms with Crippen LogP contribution in [0.3, 0.4) is 0 Å². The van der Waals surface area contributed by atoms with E-state index in [1.54, 1.807) is 0 Å². The fraction of sp³-hybridized carbons (Fsp3) is 0. The molecule has 0 aliphatic heterocycles. The Morgan fingerprint density at radius 1 is 1.47 bits per heavy atom. The van der Waals surface area contributed by atoms with Crippen molar-refractivity contribution in [2.24, 2.45) is 5.10 Å². The van der Waals surface area contributed by atoms with E-state index >= 15 is 0 Å². The molecule has 2 aromatic heterocycles. The van der Waals surface area contributed by atoms with Crippen molar-refractivity contribution >= 4 is 28.4 Å². The Hall–Kier alpha value is -2.82. The van der Waals surface area contributed by atoms with Crippen LogP contribution in [-0.4, -0.2) is 26.3 Å². The zero-order valence-corrected chi connectivity index (χ0v) is 9.93. The number of nitrogens with zero attached hydrogens (tertiary/aromatic N) is 3. The van der Waals surface area contributed by atoms with Gasteiger partial charge in [0, 0.05) is 6.07 Å². The van der Waals surface area contributed by atoms with Crippen molar-refractivity contribution in [3.8, 4) is 0 Å². The molecule has 0 saturated carbocycles. The molecular formula is C8H6N6O4S. The molecular weight excluding hydrogens is 276 g/mol. The quantitative estimate of drug-likeness (QED) is 0.404. The molecule has 0 atom stereocenters. The predicted molar refractivity (Wildman–Crippen MR) is 67.7 cm³/mol. The van der Waals surface area contributed by atoms with Gasteiger partial charge in [0.05, 0.1) is 16.0 Å². The number of H-pyrrole nitrogens is 2. The van der Waals surface area contributed by atoms with Gasteiger partial charge in [0.1, 0.15) is 0 Å². The Balaban J connectivity index is 2.09. The van der Waals surface area contributed by atoms with Gasteiger partial charge in [-0.3, -0.25) is 25.3 Å². The van der Waals surface area contributed by atoms with E-state index in [0.29, 0.717) is 4.88 Å². The molecule has 19 heavy (non-hydrogen) atoms. The molecule has 11 heteroatoms. The van der Waals surface area contributed by atoms with Gasteiger partial charge in [0.25, 0.3) is 5.56 Å². The van der Waals surface area contributed by atoms with Crippen molar-refractivity contribution in [3.05, 3.63) is 48.0 Å². The maximum atomic E-state index is 11.2. The standard InChI is InChI=1S/C8H6N6O4S/c15-7-6(12-13-8(16)10-7)11-9-3-4-1-2-5(19-4)14(17)18/h1-3H,(H,11,12)(H2,10,13,15,16)/b9-3+. The lowest BCUT2D eigenvalue weighted by Gasteiger charge is -1.94. The minimum absolute atomic E-state index is 0.0125. The van der Waals surface area contributed by atoms with Crippen LogP contribution in [0.25, 0.3) is 0 Å². The van der Waals surface area contributed by atoms with Crippen molar-refractivity contribution < 1.29 is 4.92 Å². The third-order valence-electron chi connectivity index (χ3n) is 1.87. The maximum absolute atomic E-state index is 11.2. The second kappa shape index (κ2) is 5.22. The number of hydrogen-bond donors (Lipinski definition) is 3. The van der Waals surface area contributed by atoms with E-state index in [-0.39, 0.29) is 10.8 Å². The molecule has 0 radical (unpaired) electrons. The van der Waals surface area contributed by atoms with E-state index in [1.807, 2.05) is 10.1 Å². The molecule has 0 unspecified atom stereocenters. The molecule has 98 valence electrons. The summed E-state index contributed by atoms with van der Waals surface area (Å²) in [6, 6.07) is 2.86. The average Bonchev–Trinajstić information content (AvgIpc) is 2.81. The summed E-state index contributed by atoms with van der Waals surface area (Å²) in [7, 11) is 0. The molecule has 0 aliphatic carbocycles. The monoisotopic (exact) mass is 282 g/mol. The lowest BCUT2D eigenvalue weighted by Crippen LogP contribution is -2.25. The third kappa shape index (κ3) is 3.10. The molecule has 2 rings (SSSR count). The molecule has 2 heterocycles. The first-order valence-corrected chi connectivity index (χ1v) is 5.60. The van der Waals surface area contributed by atoms with Crippen LogP contribution in [0.1, 0.15) is 4.88 Å². The number of thiophene rings is 1. The number of aromatic amines is 2. The summed E-state index contributed by atoms with van der Waals surface area (Å²) in [6.45, 7) is 0. The van der Waals surface area contributed by atoms with Crippen molar-refractivity contribution in [1.82, 2.24) is 15.2 Å². The highest BCUT2D eigenvalue weighted by molar-refractivity contribution is 7.16. The summed E-state index contributed by atoms with van der Waals surface area (Å²) >= 11 is 0.930. The largest absolute Gasteiger partial charge is 0.342 e. The Kier molecular flexibility index (Phi) is 3.47. The number of rotatable bonds is 4. The normalized spacial score (nSPS) is 10.7. The molecule has 0 aliphatic rings. The second-order valence-corrected chi connectivity index (χ2v) is 4.25. The van der Waals surface area contributed by atoms with Crippen molar-refractivity contribution in [2.45, 2.75) is 0 Å². The van der Waals surface area contributed by atoms with E-state index < -0.39 is 16.2 Å². The van der Waals surface area contributed by atoms with E-state index in [0.717, 1.165) is 11.3 Å². The Morgan fingerprint density at radius 2 is 2.26 bits per heavy atom. The lowest BCUT2D eigenvalue weighted by molar-refractivity contribution is -0.380. The van der Waals surface area contributed by atoms with Gasteiger partial charge in [0.15, 0.2) is 0 Å². The Bertz CT molecular complexity index is 744. The first-order chi connectivity index (χ1) is 9.06. The average molecular weight is 282 g/mol. The zero-order valence-electron chi connectivity index (χ0n) is 9.11. The van der Waals surface area contributed by atoms with E-state index in [2.05, 4.69) is 15.6 Å². The Morgan fingerprint density at radius 3 is 2.89 bits per heavy atom. The minimum atomic E-state index is -0.728. The number of hydrazone groups is 1. The van der Waals surface area contributed by atoms with Gasteiger partial charge in [-0.2, -0.15) is 5.10 Å². The van der Waals surface area contributed by atoms with Gasteiger partial charge in [-0.05, 0) is 6.07 Å². The van der Waals surface area contributed by atoms with Gasteiger partial charge in [-0.25, -0.2) is 9.89 Å². The van der Waals surface area contributed by atoms with Crippen molar-refractivity contribution in [1.29, 1.82) is 0 Å². The second-order valence-electron chi connectivity index (χ2n) is 3.16. The van der Waals surface area contributed by atoms with Gasteiger partial charge < -0.3 is 0 Å². The summed E-state index contributed by atoms with van der Waals surface area (Å²) in [5, 5.41) is 19.6. The van der Waals surface area contributed by atoms with Crippen LogP contribution in [0.4, 0.5) is 10.8 Å². The molecule has 0 amide bonds. The molecule has 0 saturated heterocycles. The highest BCUT2D eigenvalue weighted by Crippen LogP contribution is 2.22. The summed E-state index contributed by atoms with van der Waals surface area (Å²) in [5.74, 6) is -0.193. The van der Waals surface area contributed by atoms with Gasteiger partial charge in [-0.1, -0.05) is 11.3 Å². The smallest absolute Gasteiger partial charge is 0.270 e. The maximum Gasteiger partial charge on any atom is 0.342 e. The van der Waals surface area contributed by atoms with Crippen molar-refractivity contribution in [3.63, 3.8) is 0 Å². The van der Waals surface area contributed by atoms with Gasteiger partial charge >= 0.3 is 10.7 Å². The number of nitrogens with one attached hydrogen (secondary N) is 3. The van der Waals surface area contributed by atoms with Crippen LogP contribution in [0.15, 0.2) is 26.8 Å². The first kappa shape index (κ1) is 12.6. The molecule has 0 spiro atoms. The summed E-state index contributed by atoms with van der Waals surface area (Å²) in [6.07, 6.45) is 1.30. The highest BCUT2D eigenvalue weighted by Gasteiger charge is 2.08. The van der Waals surface area contributed by atoms with E-state index in [9.17, 15) is 19.7 Å². The van der Waals surface area contributed by atoms with E-state index in [1.165, 1.54) is 18.3 Å². The molecule has 3 N–H and O–H groups in total. The molecule has 2 aromatic rings. The molecule has 0 fully saturated rings. The zero-order chi connectivity index (χ0) is 13.8. The fourth-order valence-electron chi connectivity index (χ4n) is 1.09. The third-order valence-corrected chi connectivity index (χ3v) is 2.84. The Labute approximate surface area is 108 Å². The molecule has 0 aromatic carbocycles. The first-order valence-electron chi connectivity index (χ1n) is 4.78. The van der Waals surface area contributed by atoms with Crippen LogP contribution in [0, 0.1) is 10.1 Å². The topological polar surface area (TPSA) is 146 Å². The predicted octanol–water partition coefficient (Wildman–Crippen LogP) is -0.126. The van der Waals surface area contributed by atoms with Crippen LogP contribution in [0.2, 0.25) is 0 Å². The van der Waals surface area contributed by atoms with Crippen LogP contribution < -0.4 is 16.7 Å². The molecule has 10 nitrogen and oxygen atoms in total.